The summed E-state index contributed by atoms with van der Waals surface area (Å²) in [6.07, 6.45) is 3.18. The Morgan fingerprint density at radius 3 is 2.47 bits per heavy atom. The third kappa shape index (κ3) is 6.80. The number of nitrogens with one attached hydrogen (secondary N) is 2. The molecular formula is C23H30IN5O2S. The first kappa shape index (κ1) is 25.9. The van der Waals surface area contributed by atoms with Crippen LogP contribution in [0.25, 0.3) is 5.69 Å². The topological polar surface area (TPSA) is 88.4 Å². The average Bonchev–Trinajstić information content (AvgIpc) is 3.15. The summed E-state index contributed by atoms with van der Waals surface area (Å²) in [7, 11) is -3.22. The number of aliphatic imine (C=N–C) groups is 1. The molecule has 0 aliphatic heterocycles. The minimum Gasteiger partial charge on any atom is -0.357 e. The molecule has 2 aromatic carbocycles. The monoisotopic (exact) mass is 567 g/mol. The molecule has 32 heavy (non-hydrogen) atoms. The molecule has 0 aliphatic rings. The number of benzene rings is 2. The fraction of sp³-hybridized carbons (Fsp3) is 0.304. The summed E-state index contributed by atoms with van der Waals surface area (Å²) in [5, 5.41) is 11.1. The molecule has 0 fully saturated rings. The summed E-state index contributed by atoms with van der Waals surface area (Å²) in [5.41, 5.74) is 4.77. The largest absolute Gasteiger partial charge is 0.357 e. The quantitative estimate of drug-likeness (QED) is 0.258. The second-order valence-corrected chi connectivity index (χ2v) is 9.44. The van der Waals surface area contributed by atoms with Crippen molar-refractivity contribution in [3.63, 3.8) is 0 Å². The molecule has 0 spiro atoms. The molecule has 0 saturated heterocycles. The van der Waals surface area contributed by atoms with Gasteiger partial charge in [-0.05, 0) is 55.7 Å². The van der Waals surface area contributed by atoms with Gasteiger partial charge < -0.3 is 10.6 Å². The van der Waals surface area contributed by atoms with Crippen molar-refractivity contribution in [2.45, 2.75) is 38.8 Å². The lowest BCUT2D eigenvalue weighted by molar-refractivity contribution is 0.601. The molecule has 9 heteroatoms. The van der Waals surface area contributed by atoms with Crippen molar-refractivity contribution in [1.82, 2.24) is 20.4 Å². The smallest absolute Gasteiger partial charge is 0.191 e. The SMILES string of the molecule is CCNC(=NCc1ccc(S(C)(=O)=O)c(C)c1)NCc1ccccc1-n1ccc(C)n1.I. The Morgan fingerprint density at radius 2 is 1.84 bits per heavy atom. The van der Waals surface area contributed by atoms with Crippen LogP contribution in [0.4, 0.5) is 0 Å². The van der Waals surface area contributed by atoms with Gasteiger partial charge in [0.1, 0.15) is 0 Å². The van der Waals surface area contributed by atoms with Crippen molar-refractivity contribution in [1.29, 1.82) is 0 Å². The van der Waals surface area contributed by atoms with Crippen molar-refractivity contribution >= 4 is 39.8 Å². The molecule has 1 aromatic heterocycles. The van der Waals surface area contributed by atoms with Crippen molar-refractivity contribution in [2.75, 3.05) is 12.8 Å². The number of hydrogen-bond acceptors (Lipinski definition) is 4. The van der Waals surface area contributed by atoms with E-state index in [0.29, 0.717) is 23.9 Å². The Labute approximate surface area is 207 Å². The number of aryl methyl sites for hydroxylation is 2. The van der Waals surface area contributed by atoms with Gasteiger partial charge in [-0.3, -0.25) is 0 Å². The molecule has 0 amide bonds. The lowest BCUT2D eigenvalue weighted by Gasteiger charge is -2.14. The van der Waals surface area contributed by atoms with Crippen LogP contribution in [0.2, 0.25) is 0 Å². The second-order valence-electron chi connectivity index (χ2n) is 7.45. The Kier molecular flexibility index (Phi) is 9.26. The van der Waals surface area contributed by atoms with Gasteiger partial charge in [-0.25, -0.2) is 18.1 Å². The fourth-order valence-electron chi connectivity index (χ4n) is 3.35. The van der Waals surface area contributed by atoms with Gasteiger partial charge in [0.15, 0.2) is 15.8 Å². The van der Waals surface area contributed by atoms with E-state index in [1.165, 1.54) is 6.26 Å². The van der Waals surface area contributed by atoms with Gasteiger partial charge in [0.2, 0.25) is 0 Å². The van der Waals surface area contributed by atoms with E-state index in [2.05, 4.69) is 26.8 Å². The number of rotatable bonds is 7. The predicted octanol–water partition coefficient (Wildman–Crippen LogP) is 3.77. The van der Waals surface area contributed by atoms with E-state index in [-0.39, 0.29) is 24.0 Å². The van der Waals surface area contributed by atoms with Gasteiger partial charge in [-0.2, -0.15) is 5.10 Å². The van der Waals surface area contributed by atoms with E-state index < -0.39 is 9.84 Å². The van der Waals surface area contributed by atoms with E-state index in [1.807, 2.05) is 61.1 Å². The van der Waals surface area contributed by atoms with Crippen LogP contribution in [0.5, 0.6) is 0 Å². The zero-order chi connectivity index (χ0) is 22.4. The fourth-order valence-corrected chi connectivity index (χ4v) is 4.31. The van der Waals surface area contributed by atoms with Crippen LogP contribution in [0.15, 0.2) is 64.6 Å². The first-order valence-electron chi connectivity index (χ1n) is 10.2. The summed E-state index contributed by atoms with van der Waals surface area (Å²) >= 11 is 0. The summed E-state index contributed by atoms with van der Waals surface area (Å²) in [6, 6.07) is 15.4. The summed E-state index contributed by atoms with van der Waals surface area (Å²) < 4.78 is 25.5. The van der Waals surface area contributed by atoms with E-state index in [0.717, 1.165) is 34.6 Å². The van der Waals surface area contributed by atoms with Crippen molar-refractivity contribution < 1.29 is 8.42 Å². The van der Waals surface area contributed by atoms with Crippen molar-refractivity contribution in [3.05, 3.63) is 77.1 Å². The minimum absolute atomic E-state index is 0. The summed E-state index contributed by atoms with van der Waals surface area (Å²) in [6.45, 7) is 7.56. The van der Waals surface area contributed by atoms with E-state index in [4.69, 9.17) is 0 Å². The molecule has 0 saturated carbocycles. The number of halogens is 1. The van der Waals surface area contributed by atoms with Crippen LogP contribution in [0.1, 0.15) is 29.3 Å². The van der Waals surface area contributed by atoms with Crippen LogP contribution in [0, 0.1) is 13.8 Å². The summed E-state index contributed by atoms with van der Waals surface area (Å²) in [5.74, 6) is 0.693. The van der Waals surface area contributed by atoms with E-state index in [1.54, 1.807) is 13.0 Å². The van der Waals surface area contributed by atoms with Crippen LogP contribution in [-0.4, -0.2) is 37.0 Å². The van der Waals surface area contributed by atoms with Gasteiger partial charge >= 0.3 is 0 Å². The number of guanidine groups is 1. The third-order valence-electron chi connectivity index (χ3n) is 4.81. The van der Waals surface area contributed by atoms with Crippen LogP contribution < -0.4 is 10.6 Å². The Balaban J connectivity index is 0.00000363. The standard InChI is InChI=1S/C23H29N5O2S.HI/c1-5-24-23(25-15-19-10-11-22(17(2)14-19)31(4,29)30)26-16-20-8-6-7-9-21(20)28-13-12-18(3)27-28;/h6-14H,5,15-16H2,1-4H3,(H2,24,25,26);1H. The van der Waals surface area contributed by atoms with Gasteiger partial charge in [0.25, 0.3) is 0 Å². The minimum atomic E-state index is -3.22. The first-order valence-corrected chi connectivity index (χ1v) is 12.1. The lowest BCUT2D eigenvalue weighted by Crippen LogP contribution is -2.37. The highest BCUT2D eigenvalue weighted by atomic mass is 127. The Morgan fingerprint density at radius 1 is 1.09 bits per heavy atom. The first-order chi connectivity index (χ1) is 14.8. The highest BCUT2D eigenvalue weighted by Crippen LogP contribution is 2.17. The normalized spacial score (nSPS) is 11.7. The molecule has 2 N–H and O–H groups in total. The molecule has 0 atom stereocenters. The third-order valence-corrected chi connectivity index (χ3v) is 6.07. The highest BCUT2D eigenvalue weighted by Gasteiger charge is 2.11. The van der Waals surface area contributed by atoms with Crippen LogP contribution >= 0.6 is 24.0 Å². The zero-order valence-corrected chi connectivity index (χ0v) is 21.9. The van der Waals surface area contributed by atoms with E-state index >= 15 is 0 Å². The highest BCUT2D eigenvalue weighted by molar-refractivity contribution is 14.0. The number of nitrogens with zero attached hydrogens (tertiary/aromatic N) is 3. The molecule has 0 unspecified atom stereocenters. The molecule has 3 aromatic rings. The lowest BCUT2D eigenvalue weighted by atomic mass is 10.1. The molecular weight excluding hydrogens is 537 g/mol. The number of sulfone groups is 1. The predicted molar refractivity (Wildman–Crippen MR) is 140 cm³/mol. The average molecular weight is 567 g/mol. The van der Waals surface area contributed by atoms with Gasteiger partial charge in [-0.15, -0.1) is 24.0 Å². The number of hydrogen-bond donors (Lipinski definition) is 2. The zero-order valence-electron chi connectivity index (χ0n) is 18.8. The summed E-state index contributed by atoms with van der Waals surface area (Å²) in [4.78, 5) is 5.02. The van der Waals surface area contributed by atoms with Gasteiger partial charge in [0, 0.05) is 25.5 Å². The molecule has 0 aliphatic carbocycles. The molecule has 1 heterocycles. The van der Waals surface area contributed by atoms with Gasteiger partial charge in [0.05, 0.1) is 22.8 Å². The molecule has 3 rings (SSSR count). The van der Waals surface area contributed by atoms with Crippen LogP contribution in [-0.2, 0) is 22.9 Å². The second kappa shape index (κ2) is 11.5. The molecule has 172 valence electrons. The molecule has 0 radical (unpaired) electrons. The number of aromatic nitrogens is 2. The van der Waals surface area contributed by atoms with Crippen molar-refractivity contribution in [2.24, 2.45) is 4.99 Å². The van der Waals surface area contributed by atoms with Crippen LogP contribution in [0.3, 0.4) is 0 Å². The van der Waals surface area contributed by atoms with Crippen molar-refractivity contribution in [3.8, 4) is 5.69 Å². The molecule has 0 bridgehead atoms. The number of para-hydroxylation sites is 1. The molecule has 7 nitrogen and oxygen atoms in total. The van der Waals surface area contributed by atoms with E-state index in [9.17, 15) is 8.42 Å². The Hall–Kier alpha value is -2.40. The maximum absolute atomic E-state index is 11.8. The van der Waals surface area contributed by atoms with Gasteiger partial charge in [-0.1, -0.05) is 30.3 Å². The maximum atomic E-state index is 11.8. The maximum Gasteiger partial charge on any atom is 0.191 e. The Bertz CT molecular complexity index is 1190.